The summed E-state index contributed by atoms with van der Waals surface area (Å²) in [6.07, 6.45) is 6.61. The zero-order valence-electron chi connectivity index (χ0n) is 19.9. The Kier molecular flexibility index (Phi) is 12.6. The van der Waals surface area contributed by atoms with Crippen LogP contribution < -0.4 is 26.6 Å². The summed E-state index contributed by atoms with van der Waals surface area (Å²) >= 11 is 0. The van der Waals surface area contributed by atoms with Crippen LogP contribution in [0, 0.1) is 0 Å². The number of hydrogen-bond acceptors (Lipinski definition) is 7. The van der Waals surface area contributed by atoms with Crippen LogP contribution in [0.5, 0.6) is 0 Å². The number of nitrogens with one attached hydrogen (secondary N) is 5. The molecule has 2 unspecified atom stereocenters. The molecule has 2 rings (SSSR count). The van der Waals surface area contributed by atoms with E-state index in [1.54, 1.807) is 0 Å². The first kappa shape index (κ1) is 28.1. The molecule has 1 aliphatic carbocycles. The third-order valence-electron chi connectivity index (χ3n) is 5.80. The van der Waals surface area contributed by atoms with Crippen molar-refractivity contribution in [1.29, 1.82) is 0 Å². The van der Waals surface area contributed by atoms with Gasteiger partial charge in [-0.15, -0.1) is 0 Å². The van der Waals surface area contributed by atoms with Gasteiger partial charge in [-0.3, -0.25) is 19.2 Å². The molecule has 0 aromatic heterocycles. The third kappa shape index (κ3) is 11.2. The molecule has 0 bridgehead atoms. The van der Waals surface area contributed by atoms with Crippen molar-refractivity contribution in [1.82, 2.24) is 21.3 Å². The zero-order valence-corrected chi connectivity index (χ0v) is 19.9. The second-order valence-corrected chi connectivity index (χ2v) is 8.62. The van der Waals surface area contributed by atoms with Crippen molar-refractivity contribution in [2.24, 2.45) is 0 Å². The van der Waals surface area contributed by atoms with Crippen LogP contribution in [0.2, 0.25) is 0 Å². The molecular weight excluding hydrogens is 454 g/mol. The Bertz CT molecular complexity index is 816. The Hall–Kier alpha value is -3.18. The van der Waals surface area contributed by atoms with Crippen molar-refractivity contribution in [3.63, 3.8) is 0 Å². The minimum absolute atomic E-state index is 0.277. The summed E-state index contributed by atoms with van der Waals surface area (Å²) in [5, 5.41) is 31.7. The second-order valence-electron chi connectivity index (χ2n) is 8.62. The number of aliphatic hydroxyl groups excluding tert-OH is 1. The molecule has 35 heavy (non-hydrogen) atoms. The molecule has 0 spiro atoms. The van der Waals surface area contributed by atoms with E-state index in [1.165, 1.54) is 0 Å². The summed E-state index contributed by atoms with van der Waals surface area (Å²) in [6, 6.07) is 8.43. The molecule has 0 aliphatic heterocycles. The number of aliphatic hydroxyl groups is 1. The van der Waals surface area contributed by atoms with Gasteiger partial charge in [0.05, 0.1) is 19.2 Å². The second kappa shape index (κ2) is 15.7. The van der Waals surface area contributed by atoms with E-state index in [1.807, 2.05) is 30.3 Å². The van der Waals surface area contributed by atoms with Gasteiger partial charge in [0, 0.05) is 18.3 Å². The number of hydrogen-bond donors (Lipinski definition) is 7. The lowest BCUT2D eigenvalue weighted by molar-refractivity contribution is -0.138. The number of carboxylic acids is 1. The van der Waals surface area contributed by atoms with Crippen molar-refractivity contribution in [3.8, 4) is 0 Å². The topological polar surface area (TPSA) is 169 Å². The molecular formula is C24H37N5O6. The van der Waals surface area contributed by atoms with E-state index >= 15 is 0 Å². The highest BCUT2D eigenvalue weighted by molar-refractivity contribution is 5.92. The lowest BCUT2D eigenvalue weighted by Crippen LogP contribution is -2.53. The van der Waals surface area contributed by atoms with Gasteiger partial charge in [0.15, 0.2) is 0 Å². The highest BCUT2D eigenvalue weighted by Crippen LogP contribution is 2.19. The number of carboxylic acid groups (broad SMARTS) is 1. The smallest absolute Gasteiger partial charge is 0.322 e. The highest BCUT2D eigenvalue weighted by atomic mass is 16.4. The van der Waals surface area contributed by atoms with Crippen LogP contribution in [-0.4, -0.2) is 78.3 Å². The molecule has 194 valence electrons. The van der Waals surface area contributed by atoms with Crippen LogP contribution in [0.3, 0.4) is 0 Å². The molecule has 7 N–H and O–H groups in total. The van der Waals surface area contributed by atoms with Crippen molar-refractivity contribution in [2.75, 3.05) is 31.6 Å². The van der Waals surface area contributed by atoms with E-state index in [0.29, 0.717) is 6.42 Å². The number of unbranched alkanes of at least 4 members (excludes halogenated alkanes) is 1. The molecule has 0 saturated heterocycles. The number of benzene rings is 1. The molecule has 0 heterocycles. The SMILES string of the molecule is O=C(O)CNC(=O)C(CO)NC(=O)CNC(=O)C(CCCCNc1ccccc1)NC1CCCC1. The largest absolute Gasteiger partial charge is 0.480 e. The lowest BCUT2D eigenvalue weighted by atomic mass is 10.1. The van der Waals surface area contributed by atoms with Crippen LogP contribution in [0.4, 0.5) is 5.69 Å². The maximum atomic E-state index is 12.8. The molecule has 1 aliphatic rings. The van der Waals surface area contributed by atoms with E-state index in [4.69, 9.17) is 5.11 Å². The summed E-state index contributed by atoms with van der Waals surface area (Å²) in [5.41, 5.74) is 1.05. The van der Waals surface area contributed by atoms with Crippen LogP contribution in [-0.2, 0) is 19.2 Å². The fourth-order valence-electron chi connectivity index (χ4n) is 3.95. The number of amides is 3. The highest BCUT2D eigenvalue weighted by Gasteiger charge is 2.25. The number of rotatable bonds is 16. The van der Waals surface area contributed by atoms with E-state index in [0.717, 1.165) is 50.8 Å². The van der Waals surface area contributed by atoms with Gasteiger partial charge in [0.25, 0.3) is 0 Å². The predicted molar refractivity (Wildman–Crippen MR) is 131 cm³/mol. The summed E-state index contributed by atoms with van der Waals surface area (Å²) < 4.78 is 0. The zero-order chi connectivity index (χ0) is 25.5. The standard InChI is InChI=1S/C24H37N5O6/c30-16-20(24(35)27-15-22(32)33)29-21(31)14-26-23(34)19(28-18-10-4-5-11-18)12-6-7-13-25-17-8-2-1-3-9-17/h1-3,8-9,18-20,25,28,30H,4-7,10-16H2,(H,26,34)(H,27,35)(H,29,31)(H,32,33). The van der Waals surface area contributed by atoms with Crippen molar-refractivity contribution < 1.29 is 29.4 Å². The summed E-state index contributed by atoms with van der Waals surface area (Å²) in [4.78, 5) is 47.4. The Balaban J connectivity index is 1.78. The van der Waals surface area contributed by atoms with E-state index in [9.17, 15) is 24.3 Å². The monoisotopic (exact) mass is 491 g/mol. The maximum absolute atomic E-state index is 12.8. The van der Waals surface area contributed by atoms with E-state index in [-0.39, 0.29) is 18.5 Å². The number of aliphatic carboxylic acids is 1. The average molecular weight is 492 g/mol. The molecule has 0 radical (unpaired) electrons. The average Bonchev–Trinajstić information content (AvgIpc) is 3.37. The quantitative estimate of drug-likeness (QED) is 0.158. The summed E-state index contributed by atoms with van der Waals surface area (Å²) in [5.74, 6) is -3.02. The van der Waals surface area contributed by atoms with Gasteiger partial charge in [-0.2, -0.15) is 0 Å². The van der Waals surface area contributed by atoms with Gasteiger partial charge in [-0.1, -0.05) is 31.0 Å². The van der Waals surface area contributed by atoms with Crippen LogP contribution >= 0.6 is 0 Å². The summed E-state index contributed by atoms with van der Waals surface area (Å²) in [6.45, 7) is -0.901. The van der Waals surface area contributed by atoms with Gasteiger partial charge in [0.1, 0.15) is 12.6 Å². The van der Waals surface area contributed by atoms with Crippen LogP contribution in [0.15, 0.2) is 30.3 Å². The normalized spacial score (nSPS) is 15.1. The predicted octanol–water partition coefficient (Wildman–Crippen LogP) is -0.0363. The molecule has 3 amide bonds. The van der Waals surface area contributed by atoms with Gasteiger partial charge in [0.2, 0.25) is 17.7 Å². The minimum Gasteiger partial charge on any atom is -0.480 e. The van der Waals surface area contributed by atoms with E-state index < -0.39 is 43.0 Å². The van der Waals surface area contributed by atoms with Gasteiger partial charge in [-0.05, 0) is 44.2 Å². The van der Waals surface area contributed by atoms with Gasteiger partial charge in [-0.25, -0.2) is 0 Å². The lowest BCUT2D eigenvalue weighted by Gasteiger charge is -2.23. The maximum Gasteiger partial charge on any atom is 0.322 e. The number of carbonyl (C=O) groups excluding carboxylic acids is 3. The molecule has 1 aromatic carbocycles. The first-order valence-corrected chi connectivity index (χ1v) is 12.1. The fourth-order valence-corrected chi connectivity index (χ4v) is 3.95. The number of anilines is 1. The Morgan fingerprint density at radius 2 is 1.57 bits per heavy atom. The fraction of sp³-hybridized carbons (Fsp3) is 0.583. The molecule has 2 atom stereocenters. The van der Waals surface area contributed by atoms with Crippen molar-refractivity contribution in [2.45, 2.75) is 63.1 Å². The first-order chi connectivity index (χ1) is 16.9. The van der Waals surface area contributed by atoms with E-state index in [2.05, 4.69) is 26.6 Å². The molecule has 1 aromatic rings. The van der Waals surface area contributed by atoms with Crippen molar-refractivity contribution >= 4 is 29.4 Å². The minimum atomic E-state index is -1.30. The van der Waals surface area contributed by atoms with Crippen LogP contribution in [0.25, 0.3) is 0 Å². The Morgan fingerprint density at radius 3 is 2.23 bits per heavy atom. The Labute approximate surface area is 205 Å². The number of para-hydroxylation sites is 1. The molecule has 1 fully saturated rings. The third-order valence-corrected chi connectivity index (χ3v) is 5.80. The van der Waals surface area contributed by atoms with Crippen LogP contribution in [0.1, 0.15) is 44.9 Å². The first-order valence-electron chi connectivity index (χ1n) is 12.1. The number of carbonyl (C=O) groups is 4. The van der Waals surface area contributed by atoms with Gasteiger partial charge < -0.3 is 36.8 Å². The molecule has 1 saturated carbocycles. The van der Waals surface area contributed by atoms with Gasteiger partial charge >= 0.3 is 5.97 Å². The summed E-state index contributed by atoms with van der Waals surface area (Å²) in [7, 11) is 0. The molecule has 11 nitrogen and oxygen atoms in total. The Morgan fingerprint density at radius 1 is 0.914 bits per heavy atom. The van der Waals surface area contributed by atoms with Crippen molar-refractivity contribution in [3.05, 3.63) is 30.3 Å². The molecule has 11 heteroatoms.